The monoisotopic (exact) mass is 377 g/mol. The summed E-state index contributed by atoms with van der Waals surface area (Å²) >= 11 is 3.50. The summed E-state index contributed by atoms with van der Waals surface area (Å²) in [5, 5.41) is 0. The number of nitrogens with zero attached hydrogens (tertiary/aromatic N) is 3. The Morgan fingerprint density at radius 3 is 2.21 bits per heavy atom. The van der Waals surface area contributed by atoms with Crippen molar-refractivity contribution < 1.29 is 0 Å². The predicted molar refractivity (Wildman–Crippen MR) is 102 cm³/mol. The van der Waals surface area contributed by atoms with E-state index in [4.69, 9.17) is 0 Å². The molecule has 2 aromatic carbocycles. The number of halogens is 1. The van der Waals surface area contributed by atoms with Crippen LogP contribution in [0.4, 0.5) is 0 Å². The molecule has 0 bridgehead atoms. The average Bonchev–Trinajstić information content (AvgIpc) is 2.63. The van der Waals surface area contributed by atoms with Crippen LogP contribution in [0.1, 0.15) is 12.7 Å². The van der Waals surface area contributed by atoms with Crippen LogP contribution in [0.15, 0.2) is 77.8 Å². The summed E-state index contributed by atoms with van der Waals surface area (Å²) in [7, 11) is 0. The molecule has 0 atom stereocenters. The van der Waals surface area contributed by atoms with Gasteiger partial charge in [-0.05, 0) is 19.1 Å². The SMILES string of the molecule is C=C/C(=C/C)c1nc(-c2ccccc2)nc(-c2cccc(Br)c2)n1. The van der Waals surface area contributed by atoms with Crippen LogP contribution >= 0.6 is 15.9 Å². The molecule has 3 nitrogen and oxygen atoms in total. The second-order valence-corrected chi connectivity index (χ2v) is 6.05. The Bertz CT molecular complexity index is 902. The minimum atomic E-state index is 0.622. The van der Waals surface area contributed by atoms with Gasteiger partial charge in [0.1, 0.15) is 0 Å². The summed E-state index contributed by atoms with van der Waals surface area (Å²) in [5.74, 6) is 1.91. The molecule has 3 aromatic rings. The van der Waals surface area contributed by atoms with Crippen LogP contribution < -0.4 is 0 Å². The van der Waals surface area contributed by atoms with Gasteiger partial charge in [0.15, 0.2) is 17.5 Å². The van der Waals surface area contributed by atoms with Gasteiger partial charge in [0.25, 0.3) is 0 Å². The van der Waals surface area contributed by atoms with Crippen molar-refractivity contribution in [2.24, 2.45) is 0 Å². The highest BCUT2D eigenvalue weighted by Crippen LogP contribution is 2.24. The van der Waals surface area contributed by atoms with Gasteiger partial charge in [-0.25, -0.2) is 15.0 Å². The van der Waals surface area contributed by atoms with E-state index in [9.17, 15) is 0 Å². The maximum Gasteiger partial charge on any atom is 0.164 e. The first-order chi connectivity index (χ1) is 11.7. The molecule has 0 N–H and O–H groups in total. The highest BCUT2D eigenvalue weighted by Gasteiger charge is 2.12. The van der Waals surface area contributed by atoms with E-state index < -0.39 is 0 Å². The molecular formula is C20H16BrN3. The van der Waals surface area contributed by atoms with Crippen LogP contribution in [0, 0.1) is 0 Å². The molecule has 24 heavy (non-hydrogen) atoms. The molecule has 4 heteroatoms. The van der Waals surface area contributed by atoms with Crippen LogP contribution in [-0.4, -0.2) is 15.0 Å². The van der Waals surface area contributed by atoms with Crippen LogP contribution in [0.5, 0.6) is 0 Å². The van der Waals surface area contributed by atoms with Gasteiger partial charge in [-0.2, -0.15) is 0 Å². The second kappa shape index (κ2) is 7.32. The van der Waals surface area contributed by atoms with Crippen molar-refractivity contribution in [3.05, 3.63) is 83.6 Å². The molecule has 0 unspecified atom stereocenters. The Morgan fingerprint density at radius 2 is 1.58 bits per heavy atom. The van der Waals surface area contributed by atoms with Crippen LogP contribution in [0.25, 0.3) is 28.3 Å². The van der Waals surface area contributed by atoms with Crippen molar-refractivity contribution in [3.63, 3.8) is 0 Å². The molecule has 118 valence electrons. The molecule has 0 saturated heterocycles. The quantitative estimate of drug-likeness (QED) is 0.558. The normalized spacial score (nSPS) is 11.3. The summed E-state index contributed by atoms with van der Waals surface area (Å²) in [6, 6.07) is 17.8. The predicted octanol–water partition coefficient (Wildman–Crippen LogP) is 5.56. The molecule has 0 saturated carbocycles. The van der Waals surface area contributed by atoms with Gasteiger partial charge in [-0.3, -0.25) is 0 Å². The third-order valence-electron chi connectivity index (χ3n) is 3.54. The van der Waals surface area contributed by atoms with Crippen molar-refractivity contribution in [1.29, 1.82) is 0 Å². The summed E-state index contributed by atoms with van der Waals surface area (Å²) in [4.78, 5) is 13.9. The third-order valence-corrected chi connectivity index (χ3v) is 4.03. The Balaban J connectivity index is 2.22. The number of benzene rings is 2. The highest BCUT2D eigenvalue weighted by atomic mass is 79.9. The van der Waals surface area contributed by atoms with E-state index in [2.05, 4.69) is 37.5 Å². The number of rotatable bonds is 4. The average molecular weight is 378 g/mol. The van der Waals surface area contributed by atoms with Crippen LogP contribution in [0.2, 0.25) is 0 Å². The highest BCUT2D eigenvalue weighted by molar-refractivity contribution is 9.10. The molecule has 1 heterocycles. The third kappa shape index (κ3) is 3.49. The Kier molecular flexibility index (Phi) is 4.96. The summed E-state index contributed by atoms with van der Waals surface area (Å²) < 4.78 is 0.984. The number of allylic oxidation sites excluding steroid dienone is 3. The number of aromatic nitrogens is 3. The maximum atomic E-state index is 4.66. The maximum absolute atomic E-state index is 4.66. The van der Waals surface area contributed by atoms with E-state index in [0.717, 1.165) is 21.2 Å². The molecule has 0 aliphatic heterocycles. The first-order valence-corrected chi connectivity index (χ1v) is 8.37. The lowest BCUT2D eigenvalue weighted by atomic mass is 10.1. The second-order valence-electron chi connectivity index (χ2n) is 5.13. The molecule has 0 fully saturated rings. The van der Waals surface area contributed by atoms with Gasteiger partial charge in [0.05, 0.1) is 0 Å². The Labute approximate surface area is 150 Å². The minimum Gasteiger partial charge on any atom is -0.208 e. The lowest BCUT2D eigenvalue weighted by Crippen LogP contribution is -2.02. The molecular weight excluding hydrogens is 362 g/mol. The zero-order valence-electron chi connectivity index (χ0n) is 13.3. The minimum absolute atomic E-state index is 0.622. The molecule has 0 aliphatic carbocycles. The topological polar surface area (TPSA) is 38.7 Å². The van der Waals surface area contributed by atoms with Gasteiger partial charge < -0.3 is 0 Å². The van der Waals surface area contributed by atoms with Gasteiger partial charge in [0.2, 0.25) is 0 Å². The van der Waals surface area contributed by atoms with Crippen LogP contribution in [0.3, 0.4) is 0 Å². The Morgan fingerprint density at radius 1 is 0.917 bits per heavy atom. The lowest BCUT2D eigenvalue weighted by molar-refractivity contribution is 1.04. The first-order valence-electron chi connectivity index (χ1n) is 7.58. The Hall–Kier alpha value is -2.59. The van der Waals surface area contributed by atoms with E-state index in [1.165, 1.54) is 0 Å². The fourth-order valence-electron chi connectivity index (χ4n) is 2.32. The van der Waals surface area contributed by atoms with E-state index in [1.54, 1.807) is 6.08 Å². The molecule has 0 spiro atoms. The van der Waals surface area contributed by atoms with Gasteiger partial charge in [-0.1, -0.05) is 77.1 Å². The summed E-state index contributed by atoms with van der Waals surface area (Å²) in [5.41, 5.74) is 2.77. The summed E-state index contributed by atoms with van der Waals surface area (Å²) in [6.07, 6.45) is 3.70. The molecule has 0 radical (unpaired) electrons. The van der Waals surface area contributed by atoms with Crippen molar-refractivity contribution in [3.8, 4) is 22.8 Å². The molecule has 1 aromatic heterocycles. The lowest BCUT2D eigenvalue weighted by Gasteiger charge is -2.08. The van der Waals surface area contributed by atoms with Crippen molar-refractivity contribution >= 4 is 21.5 Å². The number of hydrogen-bond acceptors (Lipinski definition) is 3. The van der Waals surface area contributed by atoms with Gasteiger partial charge >= 0.3 is 0 Å². The fraction of sp³-hybridized carbons (Fsp3) is 0.0500. The molecule has 3 rings (SSSR count). The zero-order valence-corrected chi connectivity index (χ0v) is 14.9. The first kappa shape index (κ1) is 16.3. The summed E-state index contributed by atoms with van der Waals surface area (Å²) in [6.45, 7) is 5.80. The van der Waals surface area contributed by atoms with Crippen molar-refractivity contribution in [2.45, 2.75) is 6.92 Å². The standard InChI is InChI=1S/C20H16BrN3/c1-3-14(4-2)18-22-19(15-9-6-5-7-10-15)24-20(23-18)16-11-8-12-17(21)13-16/h3-13H,1H2,2H3/b14-4-. The van der Waals surface area contributed by atoms with E-state index in [0.29, 0.717) is 17.5 Å². The van der Waals surface area contributed by atoms with Gasteiger partial charge in [0, 0.05) is 21.2 Å². The molecule has 0 aliphatic rings. The zero-order chi connectivity index (χ0) is 16.9. The molecule has 0 amide bonds. The van der Waals surface area contributed by atoms with Crippen molar-refractivity contribution in [2.75, 3.05) is 0 Å². The largest absolute Gasteiger partial charge is 0.208 e. The van der Waals surface area contributed by atoms with Crippen LogP contribution in [-0.2, 0) is 0 Å². The van der Waals surface area contributed by atoms with E-state index in [1.807, 2.05) is 67.6 Å². The van der Waals surface area contributed by atoms with Crippen molar-refractivity contribution in [1.82, 2.24) is 15.0 Å². The smallest absolute Gasteiger partial charge is 0.164 e. The number of hydrogen-bond donors (Lipinski definition) is 0. The van der Waals surface area contributed by atoms with E-state index in [-0.39, 0.29) is 0 Å². The van der Waals surface area contributed by atoms with Gasteiger partial charge in [-0.15, -0.1) is 0 Å². The van der Waals surface area contributed by atoms with E-state index >= 15 is 0 Å². The fourth-order valence-corrected chi connectivity index (χ4v) is 2.72.